The largest absolute Gasteiger partial charge is 0.569 e. The molecule has 5 heteroatoms. The van der Waals surface area contributed by atoms with Crippen LogP contribution in [0.2, 0.25) is 0 Å². The van der Waals surface area contributed by atoms with E-state index in [2.05, 4.69) is 4.65 Å². The van der Waals surface area contributed by atoms with Gasteiger partial charge in [-0.3, -0.25) is 0 Å². The molecule has 0 fully saturated rings. The molecular weight excluding hydrogens is 165 g/mol. The van der Waals surface area contributed by atoms with Crippen molar-refractivity contribution in [1.82, 2.24) is 0 Å². The minimum atomic E-state index is -0.702. The van der Waals surface area contributed by atoms with Crippen LogP contribution < -0.4 is 4.65 Å². The van der Waals surface area contributed by atoms with Gasteiger partial charge in [0.1, 0.15) is 17.4 Å². The van der Waals surface area contributed by atoms with Crippen molar-refractivity contribution < 1.29 is 18.5 Å². The second-order valence-corrected chi connectivity index (χ2v) is 2.24. The van der Waals surface area contributed by atoms with Gasteiger partial charge >= 0.3 is 7.69 Å². The number of hydrogen-bond donors (Lipinski definition) is 1. The van der Waals surface area contributed by atoms with Crippen LogP contribution in [0.4, 0.5) is 8.78 Å². The van der Waals surface area contributed by atoms with E-state index in [1.807, 2.05) is 0 Å². The molecule has 0 aliphatic carbocycles. The molecule has 0 saturated carbocycles. The van der Waals surface area contributed by atoms with Gasteiger partial charge in [0.15, 0.2) is 0 Å². The molecule has 0 bridgehead atoms. The maximum absolute atomic E-state index is 12.7. The van der Waals surface area contributed by atoms with E-state index in [1.165, 1.54) is 6.92 Å². The second-order valence-electron chi connectivity index (χ2n) is 2.24. The molecule has 0 atom stereocenters. The van der Waals surface area contributed by atoms with Gasteiger partial charge in [-0.2, -0.15) is 0 Å². The van der Waals surface area contributed by atoms with Crippen LogP contribution in [0, 0.1) is 18.6 Å². The Morgan fingerprint density at radius 1 is 1.33 bits per heavy atom. The van der Waals surface area contributed by atoms with E-state index in [-0.39, 0.29) is 11.3 Å². The number of rotatable bonds is 2. The fraction of sp³-hybridized carbons (Fsp3) is 0.143. The number of benzene rings is 1. The first-order valence-corrected chi connectivity index (χ1v) is 3.23. The average Bonchev–Trinajstić information content (AvgIpc) is 2.01. The Balaban J connectivity index is 3.04. The van der Waals surface area contributed by atoms with Gasteiger partial charge in [-0.25, -0.2) is 8.78 Å². The molecule has 0 amide bonds. The average molecular weight is 171 g/mol. The van der Waals surface area contributed by atoms with E-state index in [9.17, 15) is 8.78 Å². The van der Waals surface area contributed by atoms with Gasteiger partial charge in [0.05, 0.1) is 0 Å². The molecule has 0 spiro atoms. The van der Waals surface area contributed by atoms with Crippen LogP contribution in [-0.2, 0) is 0 Å². The molecule has 0 aromatic heterocycles. The summed E-state index contributed by atoms with van der Waals surface area (Å²) in [5.41, 5.74) is -0.0692. The van der Waals surface area contributed by atoms with Crippen molar-refractivity contribution in [3.8, 4) is 5.75 Å². The lowest BCUT2D eigenvalue weighted by Crippen LogP contribution is -2.01. The van der Waals surface area contributed by atoms with E-state index in [0.29, 0.717) is 7.69 Å². The summed E-state index contributed by atoms with van der Waals surface area (Å²) in [7, 11) is 0.365. The summed E-state index contributed by atoms with van der Waals surface area (Å²) >= 11 is 0. The Bertz CT molecular complexity index is 268. The lowest BCUT2D eigenvalue weighted by atomic mass is 10.2. The summed E-state index contributed by atoms with van der Waals surface area (Å²) in [6.07, 6.45) is 0. The van der Waals surface area contributed by atoms with Crippen molar-refractivity contribution in [1.29, 1.82) is 0 Å². The first kappa shape index (κ1) is 9.00. The van der Waals surface area contributed by atoms with Crippen molar-refractivity contribution in [2.24, 2.45) is 0 Å². The lowest BCUT2D eigenvalue weighted by Gasteiger charge is -2.03. The molecule has 1 aromatic carbocycles. The highest BCUT2D eigenvalue weighted by molar-refractivity contribution is 6.17. The standard InChI is InChI=1S/C7H6BF2O2/c1-4-6(9)2-5(12-8-11)3-7(4)10/h2-3,11H,1H3. The van der Waals surface area contributed by atoms with Crippen LogP contribution in [-0.4, -0.2) is 12.7 Å². The third-order valence-corrected chi connectivity index (χ3v) is 1.44. The van der Waals surface area contributed by atoms with Crippen LogP contribution in [0.3, 0.4) is 0 Å². The first-order chi connectivity index (χ1) is 5.65. The summed E-state index contributed by atoms with van der Waals surface area (Å²) < 4.78 is 29.9. The number of hydrogen-bond acceptors (Lipinski definition) is 2. The summed E-state index contributed by atoms with van der Waals surface area (Å²) in [5, 5.41) is 8.18. The van der Waals surface area contributed by atoms with E-state index in [4.69, 9.17) is 5.02 Å². The van der Waals surface area contributed by atoms with Gasteiger partial charge in [0.25, 0.3) is 0 Å². The van der Waals surface area contributed by atoms with Crippen molar-refractivity contribution in [2.45, 2.75) is 6.92 Å². The van der Waals surface area contributed by atoms with Crippen LogP contribution in [0.15, 0.2) is 12.1 Å². The minimum Gasteiger partial charge on any atom is -0.537 e. The fourth-order valence-electron chi connectivity index (χ4n) is 0.751. The van der Waals surface area contributed by atoms with Crippen LogP contribution in [0.5, 0.6) is 5.75 Å². The maximum atomic E-state index is 12.7. The predicted molar refractivity (Wildman–Crippen MR) is 39.7 cm³/mol. The zero-order valence-corrected chi connectivity index (χ0v) is 6.34. The van der Waals surface area contributed by atoms with Crippen LogP contribution in [0.1, 0.15) is 5.56 Å². The third kappa shape index (κ3) is 1.74. The molecule has 0 heterocycles. The normalized spacial score (nSPS) is 9.67. The molecule has 2 nitrogen and oxygen atoms in total. The summed E-state index contributed by atoms with van der Waals surface area (Å²) in [6, 6.07) is 1.98. The molecule has 12 heavy (non-hydrogen) atoms. The molecule has 1 N–H and O–H groups in total. The monoisotopic (exact) mass is 171 g/mol. The Hall–Kier alpha value is -1.10. The van der Waals surface area contributed by atoms with Crippen molar-refractivity contribution >= 4 is 7.69 Å². The Kier molecular flexibility index (Phi) is 2.65. The molecule has 63 valence electrons. The van der Waals surface area contributed by atoms with Gasteiger partial charge in [-0.05, 0) is 6.92 Å². The maximum Gasteiger partial charge on any atom is 0.569 e. The topological polar surface area (TPSA) is 29.5 Å². The molecular formula is C7H6BF2O2. The van der Waals surface area contributed by atoms with Crippen molar-refractivity contribution in [2.75, 3.05) is 0 Å². The second kappa shape index (κ2) is 3.54. The van der Waals surface area contributed by atoms with Gasteiger partial charge in [0.2, 0.25) is 0 Å². The van der Waals surface area contributed by atoms with E-state index in [1.54, 1.807) is 0 Å². The predicted octanol–water partition coefficient (Wildman–Crippen LogP) is 1.18. The zero-order chi connectivity index (χ0) is 9.14. The molecule has 0 aliphatic rings. The molecule has 0 aliphatic heterocycles. The van der Waals surface area contributed by atoms with Crippen molar-refractivity contribution in [3.05, 3.63) is 29.3 Å². The SMILES string of the molecule is Cc1c(F)cc(O[B]O)cc1F. The van der Waals surface area contributed by atoms with Gasteiger partial charge in [-0.15, -0.1) is 0 Å². The Labute approximate surface area is 69.1 Å². The summed E-state index contributed by atoms with van der Waals surface area (Å²) in [5.74, 6) is -1.48. The van der Waals surface area contributed by atoms with E-state index in [0.717, 1.165) is 12.1 Å². The minimum absolute atomic E-state index is 0.0692. The highest BCUT2D eigenvalue weighted by Gasteiger charge is 2.07. The Morgan fingerprint density at radius 3 is 2.25 bits per heavy atom. The molecule has 1 aromatic rings. The zero-order valence-electron chi connectivity index (χ0n) is 6.34. The smallest absolute Gasteiger partial charge is 0.537 e. The molecule has 1 radical (unpaired) electrons. The van der Waals surface area contributed by atoms with Gasteiger partial charge < -0.3 is 9.68 Å². The summed E-state index contributed by atoms with van der Waals surface area (Å²) in [6.45, 7) is 1.32. The van der Waals surface area contributed by atoms with Gasteiger partial charge in [-0.1, -0.05) is 0 Å². The lowest BCUT2D eigenvalue weighted by molar-refractivity contribution is 0.446. The van der Waals surface area contributed by atoms with E-state index < -0.39 is 11.6 Å². The van der Waals surface area contributed by atoms with Crippen molar-refractivity contribution in [3.63, 3.8) is 0 Å². The summed E-state index contributed by atoms with van der Waals surface area (Å²) in [4.78, 5) is 0. The molecule has 0 saturated heterocycles. The highest BCUT2D eigenvalue weighted by Crippen LogP contribution is 2.19. The van der Waals surface area contributed by atoms with Gasteiger partial charge in [0, 0.05) is 17.7 Å². The molecule has 0 unspecified atom stereocenters. The first-order valence-electron chi connectivity index (χ1n) is 3.23. The van der Waals surface area contributed by atoms with E-state index >= 15 is 0 Å². The third-order valence-electron chi connectivity index (χ3n) is 1.44. The number of halogens is 2. The molecule has 1 rings (SSSR count). The van der Waals surface area contributed by atoms with Crippen LogP contribution >= 0.6 is 0 Å². The highest BCUT2D eigenvalue weighted by atomic mass is 19.1. The van der Waals surface area contributed by atoms with Crippen LogP contribution in [0.25, 0.3) is 0 Å². The quantitative estimate of drug-likeness (QED) is 0.676. The Morgan fingerprint density at radius 2 is 1.83 bits per heavy atom. The fourth-order valence-corrected chi connectivity index (χ4v) is 0.751.